The fourth-order valence-corrected chi connectivity index (χ4v) is 3.12. The van der Waals surface area contributed by atoms with Gasteiger partial charge in [-0.05, 0) is 48.5 Å². The van der Waals surface area contributed by atoms with Crippen molar-refractivity contribution >= 4 is 34.0 Å². The Hall–Kier alpha value is -3.81. The number of amides is 1. The predicted molar refractivity (Wildman–Crippen MR) is 110 cm³/mol. The van der Waals surface area contributed by atoms with Gasteiger partial charge >= 0.3 is 6.18 Å². The first kappa shape index (κ1) is 19.5. The van der Waals surface area contributed by atoms with Crippen LogP contribution in [0.15, 0.2) is 78.9 Å². The Morgan fingerprint density at radius 1 is 0.833 bits per heavy atom. The zero-order valence-corrected chi connectivity index (χ0v) is 15.6. The number of benzene rings is 3. The molecule has 0 radical (unpaired) electrons. The van der Waals surface area contributed by atoms with Crippen molar-refractivity contribution in [3.8, 4) is 0 Å². The summed E-state index contributed by atoms with van der Waals surface area (Å²) < 4.78 is 41.0. The average Bonchev–Trinajstić information content (AvgIpc) is 3.09. The van der Waals surface area contributed by atoms with E-state index in [9.17, 15) is 18.0 Å². The highest BCUT2D eigenvalue weighted by Crippen LogP contribution is 2.31. The molecule has 0 saturated carbocycles. The fourth-order valence-electron chi connectivity index (χ4n) is 3.12. The van der Waals surface area contributed by atoms with E-state index in [0.29, 0.717) is 5.69 Å². The van der Waals surface area contributed by atoms with Crippen molar-refractivity contribution < 1.29 is 18.0 Å². The van der Waals surface area contributed by atoms with Crippen LogP contribution in [0.4, 0.5) is 30.2 Å². The highest BCUT2D eigenvalue weighted by Gasteiger charge is 2.37. The lowest BCUT2D eigenvalue weighted by Crippen LogP contribution is -2.23. The van der Waals surface area contributed by atoms with Crippen LogP contribution in [0.5, 0.6) is 0 Å². The molecular formula is C22H17F3N4O. The van der Waals surface area contributed by atoms with Gasteiger partial charge in [0.15, 0.2) is 0 Å². The fraction of sp³-hybridized carbons (Fsp3) is 0.0909. The molecule has 0 unspecified atom stereocenters. The number of anilines is 3. The molecule has 3 aromatic carbocycles. The molecule has 1 amide bonds. The summed E-state index contributed by atoms with van der Waals surface area (Å²) in [5.41, 5.74) is 2.66. The largest absolute Gasteiger partial charge is 0.449 e. The van der Waals surface area contributed by atoms with Crippen LogP contribution in [0.3, 0.4) is 0 Å². The Balaban J connectivity index is 1.49. The number of aromatic nitrogens is 2. The Kier molecular flexibility index (Phi) is 5.14. The van der Waals surface area contributed by atoms with Gasteiger partial charge in [0.2, 0.25) is 11.7 Å². The number of alkyl halides is 3. The summed E-state index contributed by atoms with van der Waals surface area (Å²) >= 11 is 0. The second-order valence-electron chi connectivity index (χ2n) is 6.62. The molecule has 5 nitrogen and oxygen atoms in total. The summed E-state index contributed by atoms with van der Waals surface area (Å²) in [5, 5.41) is 5.85. The number of nitrogens with one attached hydrogen (secondary N) is 2. The maximum absolute atomic E-state index is 13.4. The lowest BCUT2D eigenvalue weighted by Gasteiger charge is -2.12. The molecule has 0 spiro atoms. The Bertz CT molecular complexity index is 1170. The summed E-state index contributed by atoms with van der Waals surface area (Å²) in [6.07, 6.45) is -4.66. The van der Waals surface area contributed by atoms with Crippen LogP contribution in [-0.4, -0.2) is 15.5 Å². The minimum atomic E-state index is -4.66. The van der Waals surface area contributed by atoms with Crippen molar-refractivity contribution in [1.29, 1.82) is 0 Å². The van der Waals surface area contributed by atoms with Gasteiger partial charge in [-0.2, -0.15) is 13.2 Å². The molecule has 1 heterocycles. The summed E-state index contributed by atoms with van der Waals surface area (Å²) in [6, 6.07) is 22.7. The molecule has 4 aromatic rings. The standard InChI is InChI=1S/C22H17F3N4O/c23-22(24,25)21-28-18-8-4-5-9-19(18)29(21)14-20(30)27-17-12-10-16(11-13-17)26-15-6-2-1-3-7-15/h1-13,26H,14H2,(H,27,30). The smallest absolute Gasteiger partial charge is 0.356 e. The number of carbonyl (C=O) groups excluding carboxylic acids is 1. The van der Waals surface area contributed by atoms with Gasteiger partial charge < -0.3 is 15.2 Å². The van der Waals surface area contributed by atoms with Crippen molar-refractivity contribution in [2.45, 2.75) is 12.7 Å². The maximum atomic E-state index is 13.4. The lowest BCUT2D eigenvalue weighted by molar-refractivity contribution is -0.147. The third-order valence-corrected chi connectivity index (χ3v) is 4.44. The number of halogens is 3. The normalized spacial score (nSPS) is 11.4. The van der Waals surface area contributed by atoms with Gasteiger partial charge in [0.1, 0.15) is 6.54 Å². The molecule has 0 saturated heterocycles. The van der Waals surface area contributed by atoms with Gasteiger partial charge in [0.25, 0.3) is 0 Å². The van der Waals surface area contributed by atoms with E-state index in [2.05, 4.69) is 15.6 Å². The van der Waals surface area contributed by atoms with Gasteiger partial charge in [0.05, 0.1) is 11.0 Å². The number of hydrogen-bond acceptors (Lipinski definition) is 3. The lowest BCUT2D eigenvalue weighted by atomic mass is 10.2. The quantitative estimate of drug-likeness (QED) is 0.461. The number of hydrogen-bond donors (Lipinski definition) is 2. The highest BCUT2D eigenvalue weighted by molar-refractivity contribution is 5.92. The molecule has 8 heteroatoms. The Morgan fingerprint density at radius 2 is 1.43 bits per heavy atom. The molecular weight excluding hydrogens is 393 g/mol. The second-order valence-corrected chi connectivity index (χ2v) is 6.62. The molecule has 4 rings (SSSR count). The van der Waals surface area contributed by atoms with Crippen LogP contribution in [0.25, 0.3) is 11.0 Å². The SMILES string of the molecule is O=C(Cn1c(C(F)(F)F)nc2ccccc21)Nc1ccc(Nc2ccccc2)cc1. The Labute approximate surface area is 170 Å². The molecule has 0 atom stereocenters. The minimum Gasteiger partial charge on any atom is -0.356 e. The molecule has 0 aliphatic heterocycles. The molecule has 0 aliphatic rings. The predicted octanol–water partition coefficient (Wildman–Crippen LogP) is 5.44. The second kappa shape index (κ2) is 7.90. The number of imidazole rings is 1. The number of fused-ring (bicyclic) bond motifs is 1. The van der Waals surface area contributed by atoms with E-state index in [1.165, 1.54) is 12.1 Å². The van der Waals surface area contributed by atoms with Crippen LogP contribution in [-0.2, 0) is 17.5 Å². The molecule has 30 heavy (non-hydrogen) atoms. The van der Waals surface area contributed by atoms with E-state index in [1.807, 2.05) is 30.3 Å². The number of carbonyl (C=O) groups is 1. The number of para-hydroxylation sites is 3. The highest BCUT2D eigenvalue weighted by atomic mass is 19.4. The summed E-state index contributed by atoms with van der Waals surface area (Å²) in [6.45, 7) is -0.501. The van der Waals surface area contributed by atoms with Crippen LogP contribution < -0.4 is 10.6 Å². The number of rotatable bonds is 5. The van der Waals surface area contributed by atoms with Gasteiger partial charge in [-0.3, -0.25) is 4.79 Å². The van der Waals surface area contributed by atoms with Gasteiger partial charge in [-0.1, -0.05) is 30.3 Å². The van der Waals surface area contributed by atoms with E-state index in [1.54, 1.807) is 36.4 Å². The van der Waals surface area contributed by atoms with Crippen LogP contribution in [0.1, 0.15) is 5.82 Å². The first-order chi connectivity index (χ1) is 14.4. The summed E-state index contributed by atoms with van der Waals surface area (Å²) in [4.78, 5) is 16.1. The van der Waals surface area contributed by atoms with Gasteiger partial charge in [-0.15, -0.1) is 0 Å². The third kappa shape index (κ3) is 4.27. The van der Waals surface area contributed by atoms with E-state index < -0.39 is 24.5 Å². The van der Waals surface area contributed by atoms with Crippen LogP contribution in [0, 0.1) is 0 Å². The summed E-state index contributed by atoms with van der Waals surface area (Å²) in [5.74, 6) is -1.67. The van der Waals surface area contributed by atoms with E-state index in [4.69, 9.17) is 0 Å². The van der Waals surface area contributed by atoms with Crippen LogP contribution in [0.2, 0.25) is 0 Å². The molecule has 2 N–H and O–H groups in total. The van der Waals surface area contributed by atoms with Crippen LogP contribution >= 0.6 is 0 Å². The van der Waals surface area contributed by atoms with E-state index in [-0.39, 0.29) is 11.0 Å². The van der Waals surface area contributed by atoms with Crippen molar-refractivity contribution in [3.05, 3.63) is 84.7 Å². The zero-order chi connectivity index (χ0) is 21.1. The average molecular weight is 410 g/mol. The Morgan fingerprint density at radius 3 is 2.13 bits per heavy atom. The van der Waals surface area contributed by atoms with Crippen molar-refractivity contribution in [2.75, 3.05) is 10.6 Å². The molecule has 0 fully saturated rings. The number of nitrogens with zero attached hydrogens (tertiary/aromatic N) is 2. The monoisotopic (exact) mass is 410 g/mol. The molecule has 0 aliphatic carbocycles. The van der Waals surface area contributed by atoms with Crippen molar-refractivity contribution in [3.63, 3.8) is 0 Å². The van der Waals surface area contributed by atoms with Crippen molar-refractivity contribution in [1.82, 2.24) is 9.55 Å². The van der Waals surface area contributed by atoms with Crippen molar-refractivity contribution in [2.24, 2.45) is 0 Å². The van der Waals surface area contributed by atoms with Gasteiger partial charge in [0, 0.05) is 17.1 Å². The first-order valence-corrected chi connectivity index (χ1v) is 9.14. The first-order valence-electron chi connectivity index (χ1n) is 9.14. The summed E-state index contributed by atoms with van der Waals surface area (Å²) in [7, 11) is 0. The minimum absolute atomic E-state index is 0.189. The van der Waals surface area contributed by atoms with E-state index >= 15 is 0 Å². The maximum Gasteiger partial charge on any atom is 0.449 e. The topological polar surface area (TPSA) is 59.0 Å². The third-order valence-electron chi connectivity index (χ3n) is 4.44. The zero-order valence-electron chi connectivity index (χ0n) is 15.6. The van der Waals surface area contributed by atoms with E-state index in [0.717, 1.165) is 15.9 Å². The molecule has 152 valence electrons. The molecule has 0 bridgehead atoms. The van der Waals surface area contributed by atoms with Gasteiger partial charge in [-0.25, -0.2) is 4.98 Å². The molecule has 1 aromatic heterocycles.